The zero-order chi connectivity index (χ0) is 18.4. The van der Waals surface area contributed by atoms with E-state index in [0.29, 0.717) is 18.3 Å². The molecule has 4 aromatic rings. The van der Waals surface area contributed by atoms with E-state index >= 15 is 0 Å². The summed E-state index contributed by atoms with van der Waals surface area (Å²) in [5.41, 5.74) is 2.82. The van der Waals surface area contributed by atoms with Crippen molar-refractivity contribution in [2.24, 2.45) is 5.92 Å². The second-order valence-electron chi connectivity index (χ2n) is 7.30. The van der Waals surface area contributed by atoms with Crippen molar-refractivity contribution in [2.45, 2.75) is 31.7 Å². The Balaban J connectivity index is 1.21. The molecule has 0 spiro atoms. The Morgan fingerprint density at radius 2 is 2.26 bits per heavy atom. The molecule has 0 radical (unpaired) electrons. The summed E-state index contributed by atoms with van der Waals surface area (Å²) in [4.78, 5) is 24.6. The maximum absolute atomic E-state index is 12.4. The highest BCUT2D eigenvalue weighted by atomic mass is 16.3. The largest absolute Gasteiger partial charge is 0.459 e. The number of carbonyl (C=O) groups is 1. The Morgan fingerprint density at radius 1 is 1.37 bits per heavy atom. The zero-order valence-corrected chi connectivity index (χ0v) is 15.0. The van der Waals surface area contributed by atoms with Crippen LogP contribution in [-0.4, -0.2) is 20.9 Å². The third-order valence-corrected chi connectivity index (χ3v) is 5.27. The van der Waals surface area contributed by atoms with Crippen LogP contribution < -0.4 is 5.32 Å². The van der Waals surface area contributed by atoms with Crippen molar-refractivity contribution in [2.75, 3.05) is 0 Å². The SMILES string of the molecule is C[C@H](NC(=O)C[C@@H]1C[C@@H]1c1nc2ccccc2[nH]1)c1cc2cnccc2o1. The molecule has 1 fully saturated rings. The summed E-state index contributed by atoms with van der Waals surface area (Å²) >= 11 is 0. The number of aromatic nitrogens is 3. The molecule has 1 aliphatic carbocycles. The van der Waals surface area contributed by atoms with Crippen molar-refractivity contribution < 1.29 is 9.21 Å². The molecular formula is C21H20N4O2. The number of para-hydroxylation sites is 2. The summed E-state index contributed by atoms with van der Waals surface area (Å²) < 4.78 is 5.81. The van der Waals surface area contributed by atoms with Crippen LogP contribution in [0.1, 0.15) is 43.3 Å². The van der Waals surface area contributed by atoms with Crippen LogP contribution in [0.15, 0.2) is 53.2 Å². The number of amides is 1. The number of furan rings is 1. The Kier molecular flexibility index (Phi) is 3.70. The van der Waals surface area contributed by atoms with E-state index in [-0.39, 0.29) is 11.9 Å². The lowest BCUT2D eigenvalue weighted by Gasteiger charge is -2.11. The molecule has 2 N–H and O–H groups in total. The molecule has 6 nitrogen and oxygen atoms in total. The quantitative estimate of drug-likeness (QED) is 0.562. The van der Waals surface area contributed by atoms with Crippen LogP contribution in [0.2, 0.25) is 0 Å². The van der Waals surface area contributed by atoms with E-state index < -0.39 is 0 Å². The van der Waals surface area contributed by atoms with Crippen LogP contribution >= 0.6 is 0 Å². The number of pyridine rings is 1. The fourth-order valence-electron chi connectivity index (χ4n) is 3.68. The van der Waals surface area contributed by atoms with Gasteiger partial charge in [0.2, 0.25) is 5.91 Å². The number of nitrogens with zero attached hydrogens (tertiary/aromatic N) is 2. The van der Waals surface area contributed by atoms with Crippen molar-refractivity contribution in [3.63, 3.8) is 0 Å². The van der Waals surface area contributed by atoms with Gasteiger partial charge in [-0.15, -0.1) is 0 Å². The number of aromatic amines is 1. The molecule has 6 heteroatoms. The molecule has 136 valence electrons. The lowest BCUT2D eigenvalue weighted by Crippen LogP contribution is -2.26. The minimum Gasteiger partial charge on any atom is -0.459 e. The summed E-state index contributed by atoms with van der Waals surface area (Å²) in [5, 5.41) is 3.99. The number of hydrogen-bond acceptors (Lipinski definition) is 4. The maximum atomic E-state index is 12.4. The molecule has 0 aliphatic heterocycles. The molecule has 1 amide bonds. The van der Waals surface area contributed by atoms with Crippen molar-refractivity contribution in [3.05, 3.63) is 60.4 Å². The molecule has 1 aromatic carbocycles. The van der Waals surface area contributed by atoms with E-state index in [2.05, 4.69) is 20.3 Å². The van der Waals surface area contributed by atoms with Gasteiger partial charge in [-0.25, -0.2) is 4.98 Å². The monoisotopic (exact) mass is 360 g/mol. The maximum Gasteiger partial charge on any atom is 0.220 e. The fourth-order valence-corrected chi connectivity index (χ4v) is 3.68. The van der Waals surface area contributed by atoms with Gasteiger partial charge in [-0.1, -0.05) is 12.1 Å². The second kappa shape index (κ2) is 6.23. The average Bonchev–Trinajstić information content (AvgIpc) is 3.11. The minimum atomic E-state index is -0.173. The van der Waals surface area contributed by atoms with Gasteiger partial charge < -0.3 is 14.7 Å². The second-order valence-corrected chi connectivity index (χ2v) is 7.30. The summed E-state index contributed by atoms with van der Waals surface area (Å²) in [7, 11) is 0. The third kappa shape index (κ3) is 3.07. The van der Waals surface area contributed by atoms with Crippen LogP contribution in [-0.2, 0) is 4.79 Å². The van der Waals surface area contributed by atoms with Crippen molar-refractivity contribution in [1.82, 2.24) is 20.3 Å². The van der Waals surface area contributed by atoms with Gasteiger partial charge >= 0.3 is 0 Å². The first-order chi connectivity index (χ1) is 13.2. The highest BCUT2D eigenvalue weighted by molar-refractivity contribution is 5.79. The van der Waals surface area contributed by atoms with Gasteiger partial charge in [-0.3, -0.25) is 9.78 Å². The van der Waals surface area contributed by atoms with Gasteiger partial charge in [0.25, 0.3) is 0 Å². The van der Waals surface area contributed by atoms with Crippen LogP contribution in [0, 0.1) is 5.92 Å². The predicted octanol–water partition coefficient (Wildman–Crippen LogP) is 4.08. The van der Waals surface area contributed by atoms with Crippen molar-refractivity contribution in [3.8, 4) is 0 Å². The number of carbonyl (C=O) groups excluding carboxylic acids is 1. The smallest absolute Gasteiger partial charge is 0.220 e. The molecular weight excluding hydrogens is 340 g/mol. The first-order valence-corrected chi connectivity index (χ1v) is 9.25. The molecule has 27 heavy (non-hydrogen) atoms. The normalized spacial score (nSPS) is 20.0. The van der Waals surface area contributed by atoms with Crippen LogP contribution in [0.4, 0.5) is 0 Å². The molecule has 5 rings (SSSR count). The highest BCUT2D eigenvalue weighted by Gasteiger charge is 2.41. The number of nitrogens with one attached hydrogen (secondary N) is 2. The van der Waals surface area contributed by atoms with Crippen molar-refractivity contribution in [1.29, 1.82) is 0 Å². The standard InChI is InChI=1S/C21H20N4O2/c1-12(19-9-14-11-22-7-6-18(14)27-19)23-20(26)10-13-8-15(13)21-24-16-4-2-3-5-17(16)25-21/h2-7,9,11-13,15H,8,10H2,1H3,(H,23,26)(H,24,25)/t12-,13-,15-/m0/s1. The van der Waals surface area contributed by atoms with Gasteiger partial charge in [0.1, 0.15) is 17.2 Å². The topological polar surface area (TPSA) is 83.8 Å². The number of hydrogen-bond donors (Lipinski definition) is 2. The van der Waals surface area contributed by atoms with Gasteiger partial charge in [-0.05, 0) is 43.5 Å². The number of rotatable bonds is 5. The van der Waals surface area contributed by atoms with E-state index in [4.69, 9.17) is 4.42 Å². The average molecular weight is 360 g/mol. The van der Waals surface area contributed by atoms with Crippen LogP contribution in [0.25, 0.3) is 22.0 Å². The van der Waals surface area contributed by atoms with Gasteiger partial charge in [-0.2, -0.15) is 0 Å². The van der Waals surface area contributed by atoms with Crippen LogP contribution in [0.3, 0.4) is 0 Å². The lowest BCUT2D eigenvalue weighted by molar-refractivity contribution is -0.122. The van der Waals surface area contributed by atoms with E-state index in [1.807, 2.05) is 43.3 Å². The molecule has 3 aromatic heterocycles. The number of H-pyrrole nitrogens is 1. The Labute approximate surface area is 156 Å². The summed E-state index contributed by atoms with van der Waals surface area (Å²) in [5.74, 6) is 2.47. The Morgan fingerprint density at radius 3 is 3.11 bits per heavy atom. The van der Waals surface area contributed by atoms with Crippen molar-refractivity contribution >= 4 is 27.9 Å². The van der Waals surface area contributed by atoms with E-state index in [9.17, 15) is 4.79 Å². The number of benzene rings is 1. The number of fused-ring (bicyclic) bond motifs is 2. The highest BCUT2D eigenvalue weighted by Crippen LogP contribution is 2.48. The molecule has 3 heterocycles. The van der Waals surface area contributed by atoms with Gasteiger partial charge in [0.15, 0.2) is 0 Å². The Bertz CT molecular complexity index is 1060. The molecule has 0 bridgehead atoms. The molecule has 1 aliphatic rings. The zero-order valence-electron chi connectivity index (χ0n) is 15.0. The molecule has 0 saturated heterocycles. The third-order valence-electron chi connectivity index (χ3n) is 5.27. The summed E-state index contributed by atoms with van der Waals surface area (Å²) in [6.07, 6.45) is 4.97. The first-order valence-electron chi connectivity index (χ1n) is 9.25. The summed E-state index contributed by atoms with van der Waals surface area (Å²) in [6.45, 7) is 1.94. The fraction of sp³-hybridized carbons (Fsp3) is 0.286. The van der Waals surface area contributed by atoms with Crippen LogP contribution in [0.5, 0.6) is 0 Å². The summed E-state index contributed by atoms with van der Waals surface area (Å²) in [6, 6.07) is 11.6. The minimum absolute atomic E-state index is 0.0460. The Hall–Kier alpha value is -3.15. The molecule has 1 saturated carbocycles. The molecule has 0 unspecified atom stereocenters. The van der Waals surface area contributed by atoms with E-state index in [1.165, 1.54) is 0 Å². The van der Waals surface area contributed by atoms with Gasteiger partial charge in [0, 0.05) is 30.1 Å². The van der Waals surface area contributed by atoms with Gasteiger partial charge in [0.05, 0.1) is 17.1 Å². The number of imidazole rings is 1. The first kappa shape index (κ1) is 16.1. The van der Waals surface area contributed by atoms with E-state index in [0.717, 1.165) is 40.0 Å². The molecule has 3 atom stereocenters. The predicted molar refractivity (Wildman–Crippen MR) is 102 cm³/mol. The van der Waals surface area contributed by atoms with E-state index in [1.54, 1.807) is 12.4 Å². The lowest BCUT2D eigenvalue weighted by atomic mass is 10.2.